The number of esters is 1. The molecule has 4 nitrogen and oxygen atoms in total. The van der Waals surface area contributed by atoms with Crippen LogP contribution in [0.25, 0.3) is 0 Å². The van der Waals surface area contributed by atoms with Crippen molar-refractivity contribution in [3.63, 3.8) is 0 Å². The first-order valence-electron chi connectivity index (χ1n) is 6.42. The predicted octanol–water partition coefficient (Wildman–Crippen LogP) is 2.76. The van der Waals surface area contributed by atoms with Gasteiger partial charge in [0.25, 0.3) is 0 Å². The topological polar surface area (TPSA) is 47.6 Å². The van der Waals surface area contributed by atoms with E-state index in [0.717, 1.165) is 6.07 Å². The minimum absolute atomic E-state index is 0.0174. The first-order valence-corrected chi connectivity index (χ1v) is 6.42. The van der Waals surface area contributed by atoms with Crippen LogP contribution in [0.1, 0.15) is 24.0 Å². The van der Waals surface area contributed by atoms with Crippen molar-refractivity contribution in [1.82, 2.24) is 5.32 Å². The smallest absolute Gasteiger partial charge is 0.419 e. The Bertz CT molecular complexity index is 475. The number of carbonyl (C=O) groups is 1. The average Bonchev–Trinajstić information content (AvgIpc) is 2.43. The molecule has 0 saturated carbocycles. The average molecular weight is 305 g/mol. The molecule has 0 aromatic heterocycles. The van der Waals surface area contributed by atoms with Crippen LogP contribution in [0.5, 0.6) is 5.75 Å². The third kappa shape index (κ3) is 5.63. The van der Waals surface area contributed by atoms with Crippen molar-refractivity contribution in [2.75, 3.05) is 20.8 Å². The quantitative estimate of drug-likeness (QED) is 0.621. The third-order valence-electron chi connectivity index (χ3n) is 2.74. The van der Waals surface area contributed by atoms with Crippen LogP contribution in [0.3, 0.4) is 0 Å². The molecular weight excluding hydrogens is 287 g/mol. The Morgan fingerprint density at radius 3 is 2.62 bits per heavy atom. The molecule has 0 fully saturated rings. The molecular formula is C14H18F3NO3. The van der Waals surface area contributed by atoms with E-state index in [1.54, 1.807) is 13.1 Å². The van der Waals surface area contributed by atoms with Gasteiger partial charge in [-0.05, 0) is 31.2 Å². The summed E-state index contributed by atoms with van der Waals surface area (Å²) in [7, 11) is 2.91. The van der Waals surface area contributed by atoms with Crippen LogP contribution < -0.4 is 10.1 Å². The number of rotatable bonds is 7. The number of methoxy groups -OCH3 is 1. The molecule has 21 heavy (non-hydrogen) atoms. The molecule has 1 aromatic rings. The SMILES string of the molecule is CNCc1ccc(OCCCC(=O)OC)c(C(F)(F)F)c1. The number of nitrogens with one attached hydrogen (secondary N) is 1. The van der Waals surface area contributed by atoms with Crippen molar-refractivity contribution < 1.29 is 27.4 Å². The van der Waals surface area contributed by atoms with Gasteiger partial charge in [-0.3, -0.25) is 4.79 Å². The number of ether oxygens (including phenoxy) is 2. The summed E-state index contributed by atoms with van der Waals surface area (Å²) in [5.41, 5.74) is -0.292. The lowest BCUT2D eigenvalue weighted by atomic mass is 10.1. The lowest BCUT2D eigenvalue weighted by Crippen LogP contribution is -2.12. The summed E-state index contributed by atoms with van der Waals surface area (Å²) in [5.74, 6) is -0.647. The highest BCUT2D eigenvalue weighted by Crippen LogP contribution is 2.36. The van der Waals surface area contributed by atoms with E-state index >= 15 is 0 Å². The van der Waals surface area contributed by atoms with E-state index < -0.39 is 17.7 Å². The Labute approximate surface area is 121 Å². The minimum Gasteiger partial charge on any atom is -0.493 e. The fourth-order valence-electron chi connectivity index (χ4n) is 1.74. The van der Waals surface area contributed by atoms with Crippen LogP contribution in [-0.4, -0.2) is 26.7 Å². The minimum atomic E-state index is -4.48. The van der Waals surface area contributed by atoms with E-state index in [4.69, 9.17) is 4.74 Å². The predicted molar refractivity (Wildman–Crippen MR) is 71.0 cm³/mol. The molecule has 7 heteroatoms. The van der Waals surface area contributed by atoms with E-state index in [-0.39, 0.29) is 18.8 Å². The molecule has 0 atom stereocenters. The van der Waals surface area contributed by atoms with Gasteiger partial charge in [0.2, 0.25) is 0 Å². The molecule has 1 rings (SSSR count). The van der Waals surface area contributed by atoms with Crippen molar-refractivity contribution in [1.29, 1.82) is 0 Å². The summed E-state index contributed by atoms with van der Waals surface area (Å²) < 4.78 is 48.5. The van der Waals surface area contributed by atoms with Gasteiger partial charge >= 0.3 is 12.1 Å². The maximum Gasteiger partial charge on any atom is 0.419 e. The molecule has 0 aliphatic carbocycles. The van der Waals surface area contributed by atoms with E-state index in [1.165, 1.54) is 13.2 Å². The maximum absolute atomic E-state index is 13.0. The molecule has 1 N–H and O–H groups in total. The largest absolute Gasteiger partial charge is 0.493 e. The Balaban J connectivity index is 2.74. The van der Waals surface area contributed by atoms with Gasteiger partial charge in [-0.25, -0.2) is 0 Å². The summed E-state index contributed by atoms with van der Waals surface area (Å²) in [6.07, 6.45) is -4.08. The van der Waals surface area contributed by atoms with Gasteiger partial charge in [0.1, 0.15) is 5.75 Å². The summed E-state index contributed by atoms with van der Waals surface area (Å²) in [6, 6.07) is 3.93. The summed E-state index contributed by atoms with van der Waals surface area (Å²) in [6.45, 7) is 0.356. The molecule has 0 aliphatic rings. The fraction of sp³-hybridized carbons (Fsp3) is 0.500. The molecule has 1 aromatic carbocycles. The number of alkyl halides is 3. The molecule has 0 spiro atoms. The van der Waals surface area contributed by atoms with Crippen molar-refractivity contribution in [2.45, 2.75) is 25.6 Å². The number of hydrogen-bond acceptors (Lipinski definition) is 4. The molecule has 0 aliphatic heterocycles. The van der Waals surface area contributed by atoms with Crippen LogP contribution in [0.4, 0.5) is 13.2 Å². The van der Waals surface area contributed by atoms with Gasteiger partial charge in [-0.1, -0.05) is 6.07 Å². The van der Waals surface area contributed by atoms with Crippen LogP contribution in [0.2, 0.25) is 0 Å². The Hall–Kier alpha value is -1.76. The normalized spacial score (nSPS) is 11.3. The van der Waals surface area contributed by atoms with Crippen LogP contribution in [0, 0.1) is 0 Å². The Morgan fingerprint density at radius 2 is 2.05 bits per heavy atom. The van der Waals surface area contributed by atoms with E-state index in [0.29, 0.717) is 18.5 Å². The second-order valence-corrected chi connectivity index (χ2v) is 4.39. The number of benzene rings is 1. The molecule has 0 amide bonds. The van der Waals surface area contributed by atoms with Crippen molar-refractivity contribution in [3.8, 4) is 5.75 Å². The van der Waals surface area contributed by atoms with Gasteiger partial charge in [0, 0.05) is 13.0 Å². The molecule has 118 valence electrons. The molecule has 0 radical (unpaired) electrons. The van der Waals surface area contributed by atoms with Crippen LogP contribution >= 0.6 is 0 Å². The summed E-state index contributed by atoms with van der Waals surface area (Å²) >= 11 is 0. The summed E-state index contributed by atoms with van der Waals surface area (Å²) in [5, 5.41) is 2.79. The van der Waals surface area contributed by atoms with Gasteiger partial charge < -0.3 is 14.8 Å². The number of halogens is 3. The van der Waals surface area contributed by atoms with E-state index in [9.17, 15) is 18.0 Å². The molecule has 0 unspecified atom stereocenters. The van der Waals surface area contributed by atoms with Gasteiger partial charge in [-0.2, -0.15) is 13.2 Å². The zero-order valence-electron chi connectivity index (χ0n) is 11.9. The lowest BCUT2D eigenvalue weighted by Gasteiger charge is -2.15. The van der Waals surface area contributed by atoms with Gasteiger partial charge in [0.05, 0.1) is 19.3 Å². The number of carbonyl (C=O) groups excluding carboxylic acids is 1. The Morgan fingerprint density at radius 1 is 1.33 bits per heavy atom. The zero-order valence-corrected chi connectivity index (χ0v) is 11.9. The molecule has 0 heterocycles. The standard InChI is InChI=1S/C14H18F3NO3/c1-18-9-10-5-6-12(11(8-10)14(15,16)17)21-7-3-4-13(19)20-2/h5-6,8,18H,3-4,7,9H2,1-2H3. The monoisotopic (exact) mass is 305 g/mol. The first-order chi connectivity index (χ1) is 9.88. The van der Waals surface area contributed by atoms with Crippen LogP contribution in [0.15, 0.2) is 18.2 Å². The molecule has 0 saturated heterocycles. The van der Waals surface area contributed by atoms with Crippen molar-refractivity contribution >= 4 is 5.97 Å². The fourth-order valence-corrected chi connectivity index (χ4v) is 1.74. The third-order valence-corrected chi connectivity index (χ3v) is 2.74. The van der Waals surface area contributed by atoms with Crippen molar-refractivity contribution in [2.24, 2.45) is 0 Å². The van der Waals surface area contributed by atoms with E-state index in [2.05, 4.69) is 10.1 Å². The van der Waals surface area contributed by atoms with Gasteiger partial charge in [-0.15, -0.1) is 0 Å². The van der Waals surface area contributed by atoms with E-state index in [1.807, 2.05) is 0 Å². The second-order valence-electron chi connectivity index (χ2n) is 4.39. The maximum atomic E-state index is 13.0. The highest BCUT2D eigenvalue weighted by Gasteiger charge is 2.34. The highest BCUT2D eigenvalue weighted by atomic mass is 19.4. The van der Waals surface area contributed by atoms with Gasteiger partial charge in [0.15, 0.2) is 0 Å². The number of hydrogen-bond donors (Lipinski definition) is 1. The van der Waals surface area contributed by atoms with Crippen LogP contribution in [-0.2, 0) is 22.3 Å². The summed E-state index contributed by atoms with van der Waals surface area (Å²) in [4.78, 5) is 10.9. The second kappa shape index (κ2) is 7.87. The zero-order chi connectivity index (χ0) is 15.9. The molecule has 0 bridgehead atoms. The van der Waals surface area contributed by atoms with Crippen molar-refractivity contribution in [3.05, 3.63) is 29.3 Å². The first kappa shape index (κ1) is 17.3. The Kier molecular flexibility index (Phi) is 6.48. The lowest BCUT2D eigenvalue weighted by molar-refractivity contribution is -0.141. The highest BCUT2D eigenvalue weighted by molar-refractivity contribution is 5.69.